The van der Waals surface area contributed by atoms with Crippen LogP contribution in [0.2, 0.25) is 0 Å². The van der Waals surface area contributed by atoms with Crippen LogP contribution in [-0.2, 0) is 0 Å². The molecule has 0 unspecified atom stereocenters. The highest BCUT2D eigenvalue weighted by Crippen LogP contribution is 2.13. The van der Waals surface area contributed by atoms with E-state index in [-0.39, 0.29) is 11.8 Å². The lowest BCUT2D eigenvalue weighted by molar-refractivity contribution is 0.251. The monoisotopic (exact) mass is 251 g/mol. The summed E-state index contributed by atoms with van der Waals surface area (Å²) < 4.78 is 14.1. The zero-order chi connectivity index (χ0) is 12.3. The zero-order valence-corrected chi connectivity index (χ0v) is 9.87. The third-order valence-electron chi connectivity index (χ3n) is 2.10. The molecule has 0 aliphatic carbocycles. The Morgan fingerprint density at radius 1 is 1.41 bits per heavy atom. The maximum Gasteiger partial charge on any atom is 0.332 e. The highest BCUT2D eigenvalue weighted by atomic mass is 32.2. The number of rotatable bonds is 2. The molecule has 0 atom stereocenters. The molecule has 0 radical (unpaired) electrons. The first-order valence-corrected chi connectivity index (χ1v) is 6.07. The number of amides is 1. The van der Waals surface area contributed by atoms with E-state index in [1.54, 1.807) is 12.4 Å². The molecule has 1 N–H and O–H groups in total. The molecule has 0 spiro atoms. The predicted molar refractivity (Wildman–Crippen MR) is 64.8 cm³/mol. The standard InChI is InChI=1S/C11H10FN3OS/c1-17-11-13-6-7-15(11)10(16)14-9-4-2-8(12)3-5-9/h2-7H,1H3,(H,14,16). The van der Waals surface area contributed by atoms with Crippen molar-refractivity contribution in [1.29, 1.82) is 0 Å². The summed E-state index contributed by atoms with van der Waals surface area (Å²) in [6.45, 7) is 0. The lowest BCUT2D eigenvalue weighted by Gasteiger charge is -2.07. The molecule has 88 valence electrons. The van der Waals surface area contributed by atoms with Crippen LogP contribution in [0.1, 0.15) is 0 Å². The molecule has 0 aliphatic heterocycles. The number of nitrogens with zero attached hydrogens (tertiary/aromatic N) is 2. The van der Waals surface area contributed by atoms with Gasteiger partial charge in [0.1, 0.15) is 5.82 Å². The fraction of sp³-hybridized carbons (Fsp3) is 0.0909. The number of imidazole rings is 1. The summed E-state index contributed by atoms with van der Waals surface area (Å²) in [5, 5.41) is 3.25. The number of nitrogens with one attached hydrogen (secondary N) is 1. The molecule has 17 heavy (non-hydrogen) atoms. The number of hydrogen-bond donors (Lipinski definition) is 1. The molecule has 2 aromatic rings. The molecule has 4 nitrogen and oxygen atoms in total. The molecule has 1 heterocycles. The summed E-state index contributed by atoms with van der Waals surface area (Å²) in [4.78, 5) is 15.9. The highest BCUT2D eigenvalue weighted by molar-refractivity contribution is 7.98. The fourth-order valence-electron chi connectivity index (χ4n) is 1.31. The summed E-state index contributed by atoms with van der Waals surface area (Å²) in [7, 11) is 0. The van der Waals surface area contributed by atoms with Crippen molar-refractivity contribution in [3.8, 4) is 0 Å². The number of halogens is 1. The highest BCUT2D eigenvalue weighted by Gasteiger charge is 2.09. The third kappa shape index (κ3) is 2.65. The maximum atomic E-state index is 12.7. The minimum absolute atomic E-state index is 0.321. The van der Waals surface area contributed by atoms with E-state index in [0.717, 1.165) is 0 Å². The van der Waals surface area contributed by atoms with Crippen LogP contribution in [0, 0.1) is 5.82 Å². The maximum absolute atomic E-state index is 12.7. The van der Waals surface area contributed by atoms with Crippen molar-refractivity contribution in [1.82, 2.24) is 9.55 Å². The van der Waals surface area contributed by atoms with Crippen LogP contribution < -0.4 is 5.32 Å². The smallest absolute Gasteiger partial charge is 0.307 e. The normalized spacial score (nSPS) is 10.2. The Balaban J connectivity index is 2.14. The summed E-state index contributed by atoms with van der Waals surface area (Å²) >= 11 is 1.37. The van der Waals surface area contributed by atoms with Crippen LogP contribution in [0.25, 0.3) is 0 Å². The summed E-state index contributed by atoms with van der Waals surface area (Å²) in [6.07, 6.45) is 4.96. The molecule has 0 saturated carbocycles. The number of carbonyl (C=O) groups is 1. The van der Waals surface area contributed by atoms with Gasteiger partial charge in [-0.15, -0.1) is 0 Å². The van der Waals surface area contributed by atoms with Gasteiger partial charge in [0.25, 0.3) is 0 Å². The van der Waals surface area contributed by atoms with Crippen molar-refractivity contribution in [2.75, 3.05) is 11.6 Å². The van der Waals surface area contributed by atoms with Crippen molar-refractivity contribution < 1.29 is 9.18 Å². The zero-order valence-electron chi connectivity index (χ0n) is 9.05. The average Bonchev–Trinajstić information content (AvgIpc) is 2.80. The Labute approximate surface area is 102 Å². The molecule has 1 aromatic heterocycles. The second-order valence-corrected chi connectivity index (χ2v) is 3.99. The Bertz CT molecular complexity index is 524. The van der Waals surface area contributed by atoms with Gasteiger partial charge in [0.05, 0.1) is 0 Å². The topological polar surface area (TPSA) is 46.9 Å². The molecule has 6 heteroatoms. The van der Waals surface area contributed by atoms with Crippen molar-refractivity contribution in [2.24, 2.45) is 0 Å². The van der Waals surface area contributed by atoms with Gasteiger partial charge in [-0.25, -0.2) is 18.7 Å². The number of thioether (sulfide) groups is 1. The van der Waals surface area contributed by atoms with Crippen molar-refractivity contribution >= 4 is 23.5 Å². The predicted octanol–water partition coefficient (Wildman–Crippen LogP) is 2.82. The van der Waals surface area contributed by atoms with E-state index >= 15 is 0 Å². The first-order valence-electron chi connectivity index (χ1n) is 4.85. The Kier molecular flexibility index (Phi) is 3.43. The van der Waals surface area contributed by atoms with Crippen LogP contribution in [0.15, 0.2) is 41.8 Å². The minimum atomic E-state index is -0.338. The van der Waals surface area contributed by atoms with E-state index in [0.29, 0.717) is 10.8 Å². The lowest BCUT2D eigenvalue weighted by atomic mass is 10.3. The van der Waals surface area contributed by atoms with Gasteiger partial charge in [0.15, 0.2) is 5.16 Å². The van der Waals surface area contributed by atoms with Gasteiger partial charge in [0.2, 0.25) is 0 Å². The number of hydrogen-bond acceptors (Lipinski definition) is 3. The van der Waals surface area contributed by atoms with Gasteiger partial charge >= 0.3 is 6.03 Å². The molecular formula is C11H10FN3OS. The number of anilines is 1. The van der Waals surface area contributed by atoms with Crippen LogP contribution >= 0.6 is 11.8 Å². The van der Waals surface area contributed by atoms with Crippen LogP contribution in [0.4, 0.5) is 14.9 Å². The van der Waals surface area contributed by atoms with E-state index in [1.165, 1.54) is 40.6 Å². The van der Waals surface area contributed by atoms with Gasteiger partial charge < -0.3 is 5.32 Å². The lowest BCUT2D eigenvalue weighted by Crippen LogP contribution is -2.19. The Morgan fingerprint density at radius 2 is 2.12 bits per heavy atom. The fourth-order valence-corrected chi connectivity index (χ4v) is 1.82. The third-order valence-corrected chi connectivity index (χ3v) is 2.77. The first-order chi connectivity index (χ1) is 8.20. The van der Waals surface area contributed by atoms with Gasteiger partial charge in [-0.05, 0) is 30.5 Å². The molecule has 0 aliphatic rings. The number of carbonyl (C=O) groups excluding carboxylic acids is 1. The van der Waals surface area contributed by atoms with Crippen LogP contribution in [-0.4, -0.2) is 21.8 Å². The van der Waals surface area contributed by atoms with E-state index in [4.69, 9.17) is 0 Å². The van der Waals surface area contributed by atoms with E-state index in [9.17, 15) is 9.18 Å². The Morgan fingerprint density at radius 3 is 2.76 bits per heavy atom. The molecule has 0 fully saturated rings. The van der Waals surface area contributed by atoms with Crippen molar-refractivity contribution in [3.05, 3.63) is 42.5 Å². The molecule has 1 amide bonds. The molecule has 0 saturated heterocycles. The largest absolute Gasteiger partial charge is 0.332 e. The van der Waals surface area contributed by atoms with E-state index < -0.39 is 0 Å². The minimum Gasteiger partial charge on any atom is -0.307 e. The Hall–Kier alpha value is -1.82. The van der Waals surface area contributed by atoms with Gasteiger partial charge in [-0.3, -0.25) is 0 Å². The molecular weight excluding hydrogens is 241 g/mol. The van der Waals surface area contributed by atoms with Gasteiger partial charge in [-0.2, -0.15) is 0 Å². The van der Waals surface area contributed by atoms with Gasteiger partial charge in [0, 0.05) is 18.1 Å². The number of benzene rings is 1. The second kappa shape index (κ2) is 5.01. The molecule has 0 bridgehead atoms. The van der Waals surface area contributed by atoms with E-state index in [1.807, 2.05) is 6.26 Å². The van der Waals surface area contributed by atoms with Gasteiger partial charge in [-0.1, -0.05) is 11.8 Å². The molecule has 2 rings (SSSR count). The SMILES string of the molecule is CSc1nccn1C(=O)Nc1ccc(F)cc1. The first kappa shape index (κ1) is 11.7. The number of aromatic nitrogens is 2. The summed E-state index contributed by atoms with van der Waals surface area (Å²) in [5.41, 5.74) is 0.539. The van der Waals surface area contributed by atoms with Crippen molar-refractivity contribution in [3.63, 3.8) is 0 Å². The second-order valence-electron chi connectivity index (χ2n) is 3.22. The quantitative estimate of drug-likeness (QED) is 0.835. The van der Waals surface area contributed by atoms with Crippen LogP contribution in [0.3, 0.4) is 0 Å². The van der Waals surface area contributed by atoms with E-state index in [2.05, 4.69) is 10.3 Å². The average molecular weight is 251 g/mol. The van der Waals surface area contributed by atoms with Crippen molar-refractivity contribution in [2.45, 2.75) is 5.16 Å². The summed E-state index contributed by atoms with van der Waals surface area (Å²) in [5.74, 6) is -0.338. The van der Waals surface area contributed by atoms with Crippen LogP contribution in [0.5, 0.6) is 0 Å². The molecule has 1 aromatic carbocycles. The summed E-state index contributed by atoms with van der Waals surface area (Å²) in [6, 6.07) is 5.27.